The van der Waals surface area contributed by atoms with Gasteiger partial charge in [0.05, 0.1) is 6.04 Å². The molecule has 1 fully saturated rings. The minimum absolute atomic E-state index is 0.0518. The smallest absolute Gasteiger partial charge is 0.283 e. The predicted octanol–water partition coefficient (Wildman–Crippen LogP) is 2.13. The second kappa shape index (κ2) is 10.8. The third-order valence-electron chi connectivity index (χ3n) is 7.62. The van der Waals surface area contributed by atoms with Gasteiger partial charge in [-0.15, -0.1) is 0 Å². The highest BCUT2D eigenvalue weighted by molar-refractivity contribution is 7.91. The predicted molar refractivity (Wildman–Crippen MR) is 155 cm³/mol. The molecule has 0 aromatic heterocycles. The van der Waals surface area contributed by atoms with Crippen molar-refractivity contribution in [2.45, 2.75) is 51.7 Å². The molecule has 0 aliphatic carbocycles. The summed E-state index contributed by atoms with van der Waals surface area (Å²) >= 11 is 0. The van der Waals surface area contributed by atoms with Gasteiger partial charge in [-0.05, 0) is 35.1 Å². The molecule has 3 heterocycles. The molecule has 226 valence electrons. The fraction of sp³-hybridized carbons (Fsp3) is 0.429. The summed E-state index contributed by atoms with van der Waals surface area (Å²) in [4.78, 5) is 15.1. The number of amides is 1. The third kappa shape index (κ3) is 5.49. The lowest BCUT2D eigenvalue weighted by molar-refractivity contribution is -0.129. The van der Waals surface area contributed by atoms with E-state index in [1.54, 1.807) is 25.1 Å². The first kappa shape index (κ1) is 30.3. The van der Waals surface area contributed by atoms with E-state index in [1.807, 2.05) is 20.8 Å². The van der Waals surface area contributed by atoms with Gasteiger partial charge in [0, 0.05) is 44.8 Å². The Morgan fingerprint density at radius 2 is 1.86 bits per heavy atom. The number of piperazine rings is 1. The fourth-order valence-electron chi connectivity index (χ4n) is 5.68. The number of sulfonamides is 1. The van der Waals surface area contributed by atoms with Crippen molar-refractivity contribution < 1.29 is 31.1 Å². The van der Waals surface area contributed by atoms with Crippen molar-refractivity contribution in [1.82, 2.24) is 19.2 Å². The summed E-state index contributed by atoms with van der Waals surface area (Å²) < 4.78 is 74.0. The van der Waals surface area contributed by atoms with Crippen LogP contribution in [0.2, 0.25) is 0 Å². The van der Waals surface area contributed by atoms with E-state index in [9.17, 15) is 31.1 Å². The molecular formula is C28H34FN5O6S2. The fourth-order valence-corrected chi connectivity index (χ4v) is 8.29. The SMILES string of the molecule is Cc1cc(CN2C(=O)C(C3=NS(=O)(=O)c4c(CNS(=O)(=O)N5CCNCC5)cccc43)=C(O)C2C(C)(C)C)ccc1F. The van der Waals surface area contributed by atoms with Crippen LogP contribution in [0.1, 0.15) is 43.0 Å². The summed E-state index contributed by atoms with van der Waals surface area (Å²) in [6.07, 6.45) is 0. The number of carbonyl (C=O) groups excluding carboxylic acids is 1. The average Bonchev–Trinajstić information content (AvgIpc) is 3.33. The van der Waals surface area contributed by atoms with Crippen LogP contribution in [0.4, 0.5) is 4.39 Å². The largest absolute Gasteiger partial charge is 0.509 e. The van der Waals surface area contributed by atoms with Crippen LogP contribution in [-0.4, -0.2) is 75.0 Å². The summed E-state index contributed by atoms with van der Waals surface area (Å²) in [5, 5.41) is 14.5. The monoisotopic (exact) mass is 619 g/mol. The minimum atomic E-state index is -4.33. The zero-order valence-electron chi connectivity index (χ0n) is 23.8. The van der Waals surface area contributed by atoms with Crippen molar-refractivity contribution in [3.8, 4) is 0 Å². The quantitative estimate of drug-likeness (QED) is 0.430. The molecule has 2 aromatic rings. The lowest BCUT2D eigenvalue weighted by atomic mass is 9.84. The van der Waals surface area contributed by atoms with Crippen molar-refractivity contribution in [1.29, 1.82) is 0 Å². The first-order valence-electron chi connectivity index (χ1n) is 13.5. The molecular weight excluding hydrogens is 585 g/mol. The normalized spacial score (nSPS) is 21.2. The Morgan fingerprint density at radius 1 is 1.17 bits per heavy atom. The Balaban J connectivity index is 1.50. The first-order valence-corrected chi connectivity index (χ1v) is 16.4. The molecule has 1 atom stereocenters. The highest BCUT2D eigenvalue weighted by Gasteiger charge is 2.49. The highest BCUT2D eigenvalue weighted by atomic mass is 32.2. The number of fused-ring (bicyclic) bond motifs is 1. The van der Waals surface area contributed by atoms with Gasteiger partial charge in [0.1, 0.15) is 27.8 Å². The highest BCUT2D eigenvalue weighted by Crippen LogP contribution is 2.41. The number of nitrogens with zero attached hydrogens (tertiary/aromatic N) is 3. The number of aryl methyl sites for hydroxylation is 1. The Morgan fingerprint density at radius 3 is 2.50 bits per heavy atom. The average molecular weight is 620 g/mol. The van der Waals surface area contributed by atoms with Gasteiger partial charge in [-0.1, -0.05) is 51.1 Å². The summed E-state index contributed by atoms with van der Waals surface area (Å²) in [5.41, 5.74) is 0.259. The summed E-state index contributed by atoms with van der Waals surface area (Å²) in [6, 6.07) is 8.21. The maximum atomic E-state index is 13.9. The number of rotatable bonds is 7. The number of hydrogen-bond donors (Lipinski definition) is 3. The van der Waals surface area contributed by atoms with Crippen LogP contribution in [0.3, 0.4) is 0 Å². The van der Waals surface area contributed by atoms with Crippen molar-refractivity contribution in [2.75, 3.05) is 26.2 Å². The van der Waals surface area contributed by atoms with Crippen LogP contribution in [0.5, 0.6) is 0 Å². The van der Waals surface area contributed by atoms with Gasteiger partial charge >= 0.3 is 0 Å². The maximum Gasteiger partial charge on any atom is 0.283 e. The van der Waals surface area contributed by atoms with Gasteiger partial charge in [-0.2, -0.15) is 30.3 Å². The Labute approximate surface area is 245 Å². The van der Waals surface area contributed by atoms with E-state index in [1.165, 1.54) is 27.4 Å². The van der Waals surface area contributed by atoms with Gasteiger partial charge < -0.3 is 15.3 Å². The first-order chi connectivity index (χ1) is 19.6. The third-order valence-corrected chi connectivity index (χ3v) is 10.6. The standard InChI is InChI=1S/C28H34FN5O6S2/c1-17-14-18(8-9-21(17)29)16-34-26(28(2,3)4)24(35)22(27(34)36)23-20-7-5-6-19(25(20)41(37,38)32-23)15-31-42(39,40)33-12-10-30-11-13-33/h5-9,14,26,30-31,35H,10-13,15-16H2,1-4H3. The Bertz CT molecular complexity index is 1730. The number of aliphatic hydroxyl groups is 1. The second-order valence-electron chi connectivity index (χ2n) is 11.7. The molecule has 14 heteroatoms. The number of carbonyl (C=O) groups is 1. The molecule has 3 aliphatic heterocycles. The van der Waals surface area contributed by atoms with Crippen molar-refractivity contribution in [3.63, 3.8) is 0 Å². The van der Waals surface area contributed by atoms with Crippen molar-refractivity contribution in [2.24, 2.45) is 9.81 Å². The van der Waals surface area contributed by atoms with Gasteiger partial charge in [0.25, 0.3) is 26.1 Å². The van der Waals surface area contributed by atoms with Gasteiger partial charge in [-0.3, -0.25) is 4.79 Å². The maximum absolute atomic E-state index is 13.9. The molecule has 42 heavy (non-hydrogen) atoms. The van der Waals surface area contributed by atoms with Crippen molar-refractivity contribution >= 4 is 31.9 Å². The number of benzene rings is 2. The van der Waals surface area contributed by atoms with Crippen LogP contribution in [0.15, 0.2) is 57.0 Å². The van der Waals surface area contributed by atoms with E-state index in [2.05, 4.69) is 14.4 Å². The molecule has 0 spiro atoms. The zero-order valence-corrected chi connectivity index (χ0v) is 25.4. The molecule has 2 aromatic carbocycles. The Kier molecular flexibility index (Phi) is 7.81. The summed E-state index contributed by atoms with van der Waals surface area (Å²) in [5.74, 6) is -1.30. The van der Waals surface area contributed by atoms with Gasteiger partial charge in [0.2, 0.25) is 0 Å². The molecule has 11 nitrogen and oxygen atoms in total. The van der Waals surface area contributed by atoms with E-state index >= 15 is 0 Å². The van der Waals surface area contributed by atoms with Crippen LogP contribution >= 0.6 is 0 Å². The molecule has 3 N–H and O–H groups in total. The van der Waals surface area contributed by atoms with E-state index in [-0.39, 0.29) is 65.1 Å². The molecule has 0 radical (unpaired) electrons. The van der Waals surface area contributed by atoms with E-state index < -0.39 is 37.6 Å². The topological polar surface area (TPSA) is 148 Å². The molecule has 0 bridgehead atoms. The van der Waals surface area contributed by atoms with Gasteiger partial charge in [0.15, 0.2) is 0 Å². The molecule has 0 saturated carbocycles. The summed E-state index contributed by atoms with van der Waals surface area (Å²) in [6.45, 7) is 8.47. The van der Waals surface area contributed by atoms with Crippen LogP contribution in [0, 0.1) is 18.2 Å². The van der Waals surface area contributed by atoms with Crippen LogP contribution in [-0.2, 0) is 38.1 Å². The minimum Gasteiger partial charge on any atom is -0.509 e. The van der Waals surface area contributed by atoms with Crippen molar-refractivity contribution in [3.05, 3.63) is 75.8 Å². The van der Waals surface area contributed by atoms with E-state index in [0.717, 1.165) is 0 Å². The van der Waals surface area contributed by atoms with Crippen LogP contribution in [0.25, 0.3) is 0 Å². The number of hydrogen-bond acceptors (Lipinski definition) is 7. The van der Waals surface area contributed by atoms with E-state index in [0.29, 0.717) is 24.2 Å². The molecule has 3 aliphatic rings. The number of nitrogens with one attached hydrogen (secondary N) is 2. The number of aliphatic hydroxyl groups excluding tert-OH is 1. The van der Waals surface area contributed by atoms with E-state index in [4.69, 9.17) is 0 Å². The molecule has 1 saturated heterocycles. The summed E-state index contributed by atoms with van der Waals surface area (Å²) in [7, 11) is -8.20. The second-order valence-corrected chi connectivity index (χ2v) is 15.0. The lowest BCUT2D eigenvalue weighted by Crippen LogP contribution is -2.50. The molecule has 5 rings (SSSR count). The Hall–Kier alpha value is -3.17. The van der Waals surface area contributed by atoms with Gasteiger partial charge in [-0.25, -0.2) is 4.39 Å². The zero-order chi connectivity index (χ0) is 30.6. The van der Waals surface area contributed by atoms with Crippen LogP contribution < -0.4 is 10.0 Å². The molecule has 1 amide bonds. The number of halogens is 1. The lowest BCUT2D eigenvalue weighted by Gasteiger charge is -2.35. The molecule has 1 unspecified atom stereocenters.